The summed E-state index contributed by atoms with van der Waals surface area (Å²) in [4.78, 5) is 47.8. The van der Waals surface area contributed by atoms with E-state index in [4.69, 9.17) is 4.74 Å². The molecule has 1 N–H and O–H groups in total. The number of ether oxygens (including phenoxy) is 1. The van der Waals surface area contributed by atoms with Crippen LogP contribution in [0.1, 0.15) is 33.5 Å². The monoisotopic (exact) mass is 397 g/mol. The largest absolute Gasteiger partial charge is 0.462 e. The minimum atomic E-state index is -0.451. The highest BCUT2D eigenvalue weighted by atomic mass is 16.5. The minimum absolute atomic E-state index is 0.219. The van der Waals surface area contributed by atoms with Crippen molar-refractivity contribution in [3.8, 4) is 0 Å². The number of hydrogen-bond donors (Lipinski definition) is 1. The molecule has 9 heteroatoms. The number of rotatable bonds is 6. The molecule has 0 bridgehead atoms. The first-order valence-corrected chi connectivity index (χ1v) is 9.39. The molecule has 2 aromatic rings. The molecular formula is C20H23N5O4. The molecule has 0 spiro atoms. The lowest BCUT2D eigenvalue weighted by Crippen LogP contribution is -2.48. The van der Waals surface area contributed by atoms with Crippen LogP contribution in [0.15, 0.2) is 30.3 Å². The van der Waals surface area contributed by atoms with Crippen LogP contribution in [0.5, 0.6) is 0 Å². The Kier molecular flexibility index (Phi) is 6.38. The number of piperazine rings is 1. The highest BCUT2D eigenvalue weighted by molar-refractivity contribution is 5.96. The van der Waals surface area contributed by atoms with Gasteiger partial charge in [-0.2, -0.15) is 0 Å². The van der Waals surface area contributed by atoms with Crippen molar-refractivity contribution in [1.29, 1.82) is 0 Å². The number of nitrogens with zero attached hydrogens (tertiary/aromatic N) is 4. The van der Waals surface area contributed by atoms with Crippen LogP contribution in [0, 0.1) is 6.92 Å². The molecule has 0 aliphatic carbocycles. The van der Waals surface area contributed by atoms with Crippen LogP contribution >= 0.6 is 0 Å². The molecular weight excluding hydrogens is 374 g/mol. The minimum Gasteiger partial charge on any atom is -0.462 e. The summed E-state index contributed by atoms with van der Waals surface area (Å²) in [5.74, 6) is -0.452. The topological polar surface area (TPSA) is 105 Å². The van der Waals surface area contributed by atoms with Gasteiger partial charge in [-0.05, 0) is 32.0 Å². The molecule has 1 aromatic carbocycles. The summed E-state index contributed by atoms with van der Waals surface area (Å²) in [5, 5.41) is 3.02. The number of anilines is 2. The van der Waals surface area contributed by atoms with Gasteiger partial charge in [0.15, 0.2) is 0 Å². The normalized spacial score (nSPS) is 13.7. The van der Waals surface area contributed by atoms with Gasteiger partial charge in [0.1, 0.15) is 5.69 Å². The lowest BCUT2D eigenvalue weighted by Gasteiger charge is -2.32. The second kappa shape index (κ2) is 9.13. The first-order valence-electron chi connectivity index (χ1n) is 9.39. The van der Waals surface area contributed by atoms with Crippen molar-refractivity contribution >= 4 is 29.9 Å². The molecule has 0 unspecified atom stereocenters. The smallest absolute Gasteiger partial charge is 0.340 e. The van der Waals surface area contributed by atoms with Crippen LogP contribution in [-0.4, -0.2) is 70.8 Å². The van der Waals surface area contributed by atoms with Crippen molar-refractivity contribution in [2.24, 2.45) is 0 Å². The summed E-state index contributed by atoms with van der Waals surface area (Å²) in [5.41, 5.74) is 1.73. The van der Waals surface area contributed by atoms with Crippen LogP contribution in [0.3, 0.4) is 0 Å². The van der Waals surface area contributed by atoms with E-state index in [1.807, 2.05) is 0 Å². The number of nitrogens with one attached hydrogen (secondary N) is 1. The highest BCUT2D eigenvalue weighted by Gasteiger charge is 2.23. The number of aryl methyl sites for hydroxylation is 1. The fourth-order valence-corrected chi connectivity index (χ4v) is 3.03. The van der Waals surface area contributed by atoms with E-state index in [0.29, 0.717) is 43.1 Å². The van der Waals surface area contributed by atoms with E-state index in [1.165, 1.54) is 0 Å². The van der Waals surface area contributed by atoms with Crippen molar-refractivity contribution in [3.05, 3.63) is 47.3 Å². The number of esters is 1. The molecule has 1 saturated heterocycles. The molecule has 0 saturated carbocycles. The van der Waals surface area contributed by atoms with Crippen molar-refractivity contribution < 1.29 is 19.1 Å². The fraction of sp³-hybridized carbons (Fsp3) is 0.350. The SMILES string of the molecule is CCOC(=O)c1ccccc1Nc1nc(C)cc(C(=O)N2CCN(C=O)CC2)n1. The molecule has 3 rings (SSSR count). The Hall–Kier alpha value is -3.49. The molecule has 29 heavy (non-hydrogen) atoms. The molecule has 1 fully saturated rings. The van der Waals surface area contributed by atoms with Crippen LogP contribution in [0.2, 0.25) is 0 Å². The first-order chi connectivity index (χ1) is 14.0. The van der Waals surface area contributed by atoms with E-state index in [-0.39, 0.29) is 24.2 Å². The molecule has 9 nitrogen and oxygen atoms in total. The van der Waals surface area contributed by atoms with Gasteiger partial charge in [0.2, 0.25) is 12.4 Å². The second-order valence-corrected chi connectivity index (χ2v) is 6.54. The number of amides is 2. The maximum Gasteiger partial charge on any atom is 0.340 e. The number of carbonyl (C=O) groups excluding carboxylic acids is 3. The Bertz CT molecular complexity index is 909. The third-order valence-corrected chi connectivity index (χ3v) is 4.49. The van der Waals surface area contributed by atoms with Gasteiger partial charge in [0.25, 0.3) is 5.91 Å². The highest BCUT2D eigenvalue weighted by Crippen LogP contribution is 2.20. The van der Waals surface area contributed by atoms with E-state index in [0.717, 1.165) is 6.41 Å². The van der Waals surface area contributed by atoms with Crippen LogP contribution < -0.4 is 5.32 Å². The van der Waals surface area contributed by atoms with Gasteiger partial charge < -0.3 is 19.9 Å². The predicted octanol–water partition coefficient (Wildman–Crippen LogP) is 1.62. The van der Waals surface area contributed by atoms with Crippen molar-refractivity contribution in [3.63, 3.8) is 0 Å². The molecule has 1 aromatic heterocycles. The third-order valence-electron chi connectivity index (χ3n) is 4.49. The van der Waals surface area contributed by atoms with Gasteiger partial charge in [-0.3, -0.25) is 9.59 Å². The number of carbonyl (C=O) groups is 3. The maximum absolute atomic E-state index is 12.8. The molecule has 1 aliphatic rings. The second-order valence-electron chi connectivity index (χ2n) is 6.54. The Balaban J connectivity index is 1.81. The van der Waals surface area contributed by atoms with E-state index in [2.05, 4.69) is 15.3 Å². The number of hydrogen-bond acceptors (Lipinski definition) is 7. The van der Waals surface area contributed by atoms with Crippen LogP contribution in [0.4, 0.5) is 11.6 Å². The predicted molar refractivity (Wildman–Crippen MR) is 106 cm³/mol. The zero-order valence-corrected chi connectivity index (χ0v) is 16.4. The fourth-order valence-electron chi connectivity index (χ4n) is 3.03. The van der Waals surface area contributed by atoms with Crippen molar-refractivity contribution in [1.82, 2.24) is 19.8 Å². The maximum atomic E-state index is 12.8. The summed E-state index contributed by atoms with van der Waals surface area (Å²) >= 11 is 0. The van der Waals surface area contributed by atoms with Gasteiger partial charge in [-0.25, -0.2) is 14.8 Å². The standard InChI is InChI=1S/C20H23N5O4/c1-3-29-19(28)15-6-4-5-7-16(15)22-20-21-14(2)12-17(23-20)18(27)25-10-8-24(13-26)9-11-25/h4-7,12-13H,3,8-11H2,1-2H3,(H,21,22,23). The Labute approximate surface area is 168 Å². The third kappa shape index (κ3) is 4.87. The average Bonchev–Trinajstić information content (AvgIpc) is 2.73. The lowest BCUT2D eigenvalue weighted by atomic mass is 10.2. The molecule has 0 radical (unpaired) electrons. The Morgan fingerprint density at radius 3 is 2.59 bits per heavy atom. The van der Waals surface area contributed by atoms with Crippen molar-refractivity contribution in [2.75, 3.05) is 38.1 Å². The molecule has 2 heterocycles. The van der Waals surface area contributed by atoms with Crippen molar-refractivity contribution in [2.45, 2.75) is 13.8 Å². The lowest BCUT2D eigenvalue weighted by molar-refractivity contribution is -0.119. The van der Waals surface area contributed by atoms with Crippen LogP contribution in [0.25, 0.3) is 0 Å². The summed E-state index contributed by atoms with van der Waals surface area (Å²) in [7, 11) is 0. The van der Waals surface area contributed by atoms with Gasteiger partial charge in [-0.15, -0.1) is 0 Å². The summed E-state index contributed by atoms with van der Waals surface area (Å²) in [6.45, 7) is 5.68. The van der Waals surface area contributed by atoms with Crippen LogP contribution in [-0.2, 0) is 9.53 Å². The molecule has 1 aliphatic heterocycles. The Morgan fingerprint density at radius 1 is 1.17 bits per heavy atom. The number of para-hydroxylation sites is 1. The van der Waals surface area contributed by atoms with E-state index in [9.17, 15) is 14.4 Å². The number of aromatic nitrogens is 2. The summed E-state index contributed by atoms with van der Waals surface area (Å²) < 4.78 is 5.08. The summed E-state index contributed by atoms with van der Waals surface area (Å²) in [6.07, 6.45) is 0.791. The average molecular weight is 397 g/mol. The first kappa shape index (κ1) is 20.2. The summed E-state index contributed by atoms with van der Waals surface area (Å²) in [6, 6.07) is 8.51. The van der Waals surface area contributed by atoms with Gasteiger partial charge in [0, 0.05) is 31.9 Å². The Morgan fingerprint density at radius 2 is 1.90 bits per heavy atom. The molecule has 2 amide bonds. The zero-order valence-electron chi connectivity index (χ0n) is 16.4. The molecule has 152 valence electrons. The zero-order chi connectivity index (χ0) is 20.8. The van der Waals surface area contributed by atoms with Gasteiger partial charge in [0.05, 0.1) is 17.9 Å². The van der Waals surface area contributed by atoms with Gasteiger partial charge in [-0.1, -0.05) is 12.1 Å². The molecule has 0 atom stereocenters. The number of benzene rings is 1. The van der Waals surface area contributed by atoms with E-state index >= 15 is 0 Å². The van der Waals surface area contributed by atoms with E-state index in [1.54, 1.807) is 54.0 Å². The quantitative estimate of drug-likeness (QED) is 0.583. The van der Waals surface area contributed by atoms with E-state index < -0.39 is 5.97 Å². The van der Waals surface area contributed by atoms with Gasteiger partial charge >= 0.3 is 5.97 Å².